The van der Waals surface area contributed by atoms with Gasteiger partial charge >= 0.3 is 7.12 Å². The lowest BCUT2D eigenvalue weighted by Gasteiger charge is -2.10. The summed E-state index contributed by atoms with van der Waals surface area (Å²) in [5.74, 6) is 0. The molecular formula is C9H11BN2O2. The molecule has 72 valence electrons. The molecule has 0 spiro atoms. The molecule has 0 aromatic carbocycles. The van der Waals surface area contributed by atoms with Crippen LogP contribution in [0.15, 0.2) is 18.5 Å². The number of nitrogens with zero attached hydrogens (tertiary/aromatic N) is 2. The van der Waals surface area contributed by atoms with Gasteiger partial charge in [-0.2, -0.15) is 5.26 Å². The molecule has 0 aliphatic carbocycles. The molecule has 0 saturated carbocycles. The lowest BCUT2D eigenvalue weighted by molar-refractivity contribution is 0.207. The Morgan fingerprint density at radius 2 is 2.29 bits per heavy atom. The minimum absolute atomic E-state index is 0.0734. The number of rotatable bonds is 3. The highest BCUT2D eigenvalue weighted by Gasteiger charge is 2.18. The number of nitriles is 1. The average molecular weight is 190 g/mol. The van der Waals surface area contributed by atoms with Crippen molar-refractivity contribution in [2.45, 2.75) is 20.0 Å². The summed E-state index contributed by atoms with van der Waals surface area (Å²) < 4.78 is 5.14. The third-order valence-corrected chi connectivity index (χ3v) is 1.57. The van der Waals surface area contributed by atoms with Crippen molar-refractivity contribution >= 4 is 12.6 Å². The van der Waals surface area contributed by atoms with Gasteiger partial charge in [-0.1, -0.05) is 0 Å². The van der Waals surface area contributed by atoms with Crippen molar-refractivity contribution < 1.29 is 9.68 Å². The van der Waals surface area contributed by atoms with Crippen molar-refractivity contribution in [3.05, 3.63) is 24.0 Å². The van der Waals surface area contributed by atoms with Gasteiger partial charge < -0.3 is 9.68 Å². The van der Waals surface area contributed by atoms with Crippen LogP contribution in [-0.4, -0.2) is 23.2 Å². The molecule has 1 N–H and O–H groups in total. The van der Waals surface area contributed by atoms with Crippen molar-refractivity contribution in [2.75, 3.05) is 0 Å². The van der Waals surface area contributed by atoms with E-state index in [2.05, 4.69) is 4.98 Å². The van der Waals surface area contributed by atoms with E-state index >= 15 is 0 Å². The van der Waals surface area contributed by atoms with Crippen LogP contribution in [0.25, 0.3) is 0 Å². The maximum absolute atomic E-state index is 9.54. The molecule has 5 heteroatoms. The van der Waals surface area contributed by atoms with Gasteiger partial charge in [0.25, 0.3) is 0 Å². The van der Waals surface area contributed by atoms with Crippen molar-refractivity contribution in [1.82, 2.24) is 4.98 Å². The van der Waals surface area contributed by atoms with Gasteiger partial charge in [-0.25, -0.2) is 0 Å². The Labute approximate surface area is 83.3 Å². The van der Waals surface area contributed by atoms with E-state index in [4.69, 9.17) is 9.92 Å². The Kier molecular flexibility index (Phi) is 3.63. The zero-order chi connectivity index (χ0) is 10.6. The second kappa shape index (κ2) is 4.75. The predicted octanol–water partition coefficient (Wildman–Crippen LogP) is 0.0658. The van der Waals surface area contributed by atoms with E-state index in [-0.39, 0.29) is 6.10 Å². The molecule has 0 atom stereocenters. The van der Waals surface area contributed by atoms with Gasteiger partial charge in [0.15, 0.2) is 0 Å². The topological polar surface area (TPSA) is 66.1 Å². The van der Waals surface area contributed by atoms with Crippen LogP contribution in [0.3, 0.4) is 0 Å². The minimum Gasteiger partial charge on any atom is -0.423 e. The van der Waals surface area contributed by atoms with Crippen LogP contribution in [0.1, 0.15) is 19.4 Å². The molecule has 14 heavy (non-hydrogen) atoms. The summed E-state index contributed by atoms with van der Waals surface area (Å²) in [6.07, 6.45) is 2.84. The molecule has 0 saturated heterocycles. The first kappa shape index (κ1) is 10.7. The van der Waals surface area contributed by atoms with Crippen molar-refractivity contribution in [1.29, 1.82) is 5.26 Å². The standard InChI is InChI=1S/C9H11BN2O2/c1-7(2)14-10(13)9-3-8(4-11)5-12-6-9/h3,5-7,13H,1-2H3. The fraction of sp³-hybridized carbons (Fsp3) is 0.333. The van der Waals surface area contributed by atoms with Crippen LogP contribution in [0.2, 0.25) is 0 Å². The van der Waals surface area contributed by atoms with Crippen LogP contribution in [0.4, 0.5) is 0 Å². The SMILES string of the molecule is CC(C)OB(O)c1cncc(C#N)c1. The first-order chi connectivity index (χ1) is 6.63. The fourth-order valence-corrected chi connectivity index (χ4v) is 0.990. The maximum Gasteiger partial charge on any atom is 0.492 e. The summed E-state index contributed by atoms with van der Waals surface area (Å²) in [6.45, 7) is 3.65. The predicted molar refractivity (Wildman–Crippen MR) is 52.8 cm³/mol. The molecule has 0 unspecified atom stereocenters. The molecule has 1 rings (SSSR count). The summed E-state index contributed by atoms with van der Waals surface area (Å²) in [5, 5.41) is 18.2. The van der Waals surface area contributed by atoms with Crippen LogP contribution >= 0.6 is 0 Å². The smallest absolute Gasteiger partial charge is 0.423 e. The maximum atomic E-state index is 9.54. The van der Waals surface area contributed by atoms with E-state index in [9.17, 15) is 5.02 Å². The molecule has 0 fully saturated rings. The molecule has 4 nitrogen and oxygen atoms in total. The Balaban J connectivity index is 2.80. The number of hydrogen-bond acceptors (Lipinski definition) is 4. The summed E-state index contributed by atoms with van der Waals surface area (Å²) in [7, 11) is -1.02. The van der Waals surface area contributed by atoms with Crippen LogP contribution in [0.5, 0.6) is 0 Å². The highest BCUT2D eigenvalue weighted by molar-refractivity contribution is 6.59. The van der Waals surface area contributed by atoms with E-state index < -0.39 is 7.12 Å². The fourth-order valence-electron chi connectivity index (χ4n) is 0.990. The summed E-state index contributed by atoms with van der Waals surface area (Å²) in [4.78, 5) is 3.82. The van der Waals surface area contributed by atoms with Gasteiger partial charge in [0.1, 0.15) is 6.07 Å². The Bertz CT molecular complexity index is 349. The number of pyridine rings is 1. The van der Waals surface area contributed by atoms with Crippen LogP contribution in [-0.2, 0) is 4.65 Å². The lowest BCUT2D eigenvalue weighted by Crippen LogP contribution is -2.36. The van der Waals surface area contributed by atoms with E-state index in [1.54, 1.807) is 6.07 Å². The van der Waals surface area contributed by atoms with E-state index in [1.165, 1.54) is 12.4 Å². The monoisotopic (exact) mass is 190 g/mol. The highest BCUT2D eigenvalue weighted by Crippen LogP contribution is 1.95. The van der Waals surface area contributed by atoms with Gasteiger partial charge in [-0.15, -0.1) is 0 Å². The van der Waals surface area contributed by atoms with E-state index in [0.717, 1.165) is 0 Å². The molecule has 0 amide bonds. The first-order valence-corrected chi connectivity index (χ1v) is 4.32. The van der Waals surface area contributed by atoms with E-state index in [1.807, 2.05) is 19.9 Å². The van der Waals surface area contributed by atoms with Gasteiger partial charge in [-0.05, 0) is 19.9 Å². The molecule has 0 aliphatic rings. The second-order valence-corrected chi connectivity index (χ2v) is 3.16. The summed E-state index contributed by atoms with van der Waals surface area (Å²) in [5.41, 5.74) is 0.909. The zero-order valence-corrected chi connectivity index (χ0v) is 8.14. The van der Waals surface area contributed by atoms with Gasteiger partial charge in [0.2, 0.25) is 0 Å². The molecule has 0 aliphatic heterocycles. The van der Waals surface area contributed by atoms with Gasteiger partial charge in [0, 0.05) is 24.0 Å². The molecule has 0 bridgehead atoms. The second-order valence-electron chi connectivity index (χ2n) is 3.16. The third kappa shape index (κ3) is 2.84. The zero-order valence-electron chi connectivity index (χ0n) is 8.14. The van der Waals surface area contributed by atoms with E-state index in [0.29, 0.717) is 11.0 Å². The van der Waals surface area contributed by atoms with Crippen molar-refractivity contribution in [2.24, 2.45) is 0 Å². The van der Waals surface area contributed by atoms with Gasteiger partial charge in [0.05, 0.1) is 5.56 Å². The number of aromatic nitrogens is 1. The molecular weight excluding hydrogens is 179 g/mol. The van der Waals surface area contributed by atoms with Crippen LogP contribution in [0, 0.1) is 11.3 Å². The van der Waals surface area contributed by atoms with Crippen molar-refractivity contribution in [3.8, 4) is 6.07 Å². The molecule has 1 aromatic heterocycles. The molecule has 1 heterocycles. The lowest BCUT2D eigenvalue weighted by atomic mass is 9.80. The Hall–Kier alpha value is -1.38. The largest absolute Gasteiger partial charge is 0.492 e. The minimum atomic E-state index is -1.02. The van der Waals surface area contributed by atoms with Gasteiger partial charge in [-0.3, -0.25) is 4.98 Å². The van der Waals surface area contributed by atoms with Crippen LogP contribution < -0.4 is 5.46 Å². The Morgan fingerprint density at radius 1 is 1.57 bits per heavy atom. The molecule has 0 radical (unpaired) electrons. The summed E-state index contributed by atoms with van der Waals surface area (Å²) >= 11 is 0. The first-order valence-electron chi connectivity index (χ1n) is 4.32. The normalized spacial score (nSPS) is 9.93. The Morgan fingerprint density at radius 3 is 2.86 bits per heavy atom. The number of hydrogen-bond donors (Lipinski definition) is 1. The highest BCUT2D eigenvalue weighted by atomic mass is 16.5. The summed E-state index contributed by atoms with van der Waals surface area (Å²) in [6, 6.07) is 3.50. The quantitative estimate of drug-likeness (QED) is 0.684. The van der Waals surface area contributed by atoms with Crippen molar-refractivity contribution in [3.63, 3.8) is 0 Å². The average Bonchev–Trinajstić information content (AvgIpc) is 2.17. The third-order valence-electron chi connectivity index (χ3n) is 1.57. The molecule has 1 aromatic rings.